The fourth-order valence-electron chi connectivity index (χ4n) is 3.71. The van der Waals surface area contributed by atoms with Gasteiger partial charge in [0.05, 0.1) is 5.69 Å². The second-order valence-electron chi connectivity index (χ2n) is 8.88. The zero-order chi connectivity index (χ0) is 22.7. The Morgan fingerprint density at radius 1 is 1.34 bits per heavy atom. The van der Waals surface area contributed by atoms with Crippen LogP contribution < -0.4 is 5.32 Å². The summed E-state index contributed by atoms with van der Waals surface area (Å²) in [5.41, 5.74) is 5.25. The van der Waals surface area contributed by atoms with Crippen molar-refractivity contribution in [1.82, 2.24) is 14.9 Å². The molecule has 164 valence electrons. The number of aromatic amines is 1. The number of anilines is 1. The van der Waals surface area contributed by atoms with Gasteiger partial charge in [0.25, 0.3) is 0 Å². The third-order valence-corrected chi connectivity index (χ3v) is 5.27. The minimum atomic E-state index is -0.494. The van der Waals surface area contributed by atoms with E-state index in [1.165, 1.54) is 5.57 Å². The first kappa shape index (κ1) is 21.5. The molecule has 0 aromatic carbocycles. The van der Waals surface area contributed by atoms with Gasteiger partial charge in [-0.05, 0) is 63.5 Å². The molecule has 2 aromatic heterocycles. The van der Waals surface area contributed by atoms with Gasteiger partial charge in [-0.1, -0.05) is 24.1 Å². The van der Waals surface area contributed by atoms with Crippen molar-refractivity contribution in [2.24, 2.45) is 0 Å². The number of carbonyl (C=O) groups is 1. The average molecular weight is 429 g/mol. The van der Waals surface area contributed by atoms with Crippen molar-refractivity contribution >= 4 is 28.4 Å². The number of nitrogens with one attached hydrogen (secondary N) is 2. The third-order valence-electron chi connectivity index (χ3n) is 5.27. The summed E-state index contributed by atoms with van der Waals surface area (Å²) in [6.45, 7) is 6.78. The number of carbonyl (C=O) groups excluding carboxylic acids is 1. The highest BCUT2D eigenvalue weighted by molar-refractivity contribution is 5.93. The van der Waals surface area contributed by atoms with E-state index >= 15 is 0 Å². The second kappa shape index (κ2) is 8.80. The van der Waals surface area contributed by atoms with Crippen molar-refractivity contribution in [2.45, 2.75) is 39.2 Å². The van der Waals surface area contributed by atoms with Gasteiger partial charge in [0.1, 0.15) is 11.2 Å². The minimum Gasteiger partial charge on any atom is -0.444 e. The molecule has 2 aromatic rings. The number of allylic oxidation sites excluding steroid dienone is 5. The van der Waals surface area contributed by atoms with Crippen molar-refractivity contribution in [3.8, 4) is 12.3 Å². The van der Waals surface area contributed by atoms with E-state index in [4.69, 9.17) is 11.2 Å². The summed E-state index contributed by atoms with van der Waals surface area (Å²) in [6.07, 6.45) is 18.8. The van der Waals surface area contributed by atoms with E-state index in [1.54, 1.807) is 11.1 Å². The molecule has 6 heteroatoms. The molecule has 0 bridgehead atoms. The number of terminal acetylenes is 1. The summed E-state index contributed by atoms with van der Waals surface area (Å²) in [5.74, 6) is 2.71. The Bertz CT molecular complexity index is 1200. The lowest BCUT2D eigenvalue weighted by Gasteiger charge is -2.29. The Labute approximate surface area is 188 Å². The maximum Gasteiger partial charge on any atom is 0.410 e. The Morgan fingerprint density at radius 3 is 2.91 bits per heavy atom. The van der Waals surface area contributed by atoms with Gasteiger partial charge < -0.3 is 19.9 Å². The molecule has 6 nitrogen and oxygen atoms in total. The van der Waals surface area contributed by atoms with E-state index in [2.05, 4.69) is 39.4 Å². The molecule has 0 saturated carbocycles. The number of H-pyrrole nitrogens is 1. The highest BCUT2D eigenvalue weighted by Gasteiger charge is 2.24. The lowest BCUT2D eigenvalue weighted by atomic mass is 10.0. The number of hydrogen-bond acceptors (Lipinski definition) is 4. The van der Waals surface area contributed by atoms with Gasteiger partial charge in [-0.25, -0.2) is 9.78 Å². The Kier molecular flexibility index (Phi) is 5.91. The molecule has 0 atom stereocenters. The Balaban J connectivity index is 1.54. The van der Waals surface area contributed by atoms with Crippen molar-refractivity contribution in [3.05, 3.63) is 65.7 Å². The van der Waals surface area contributed by atoms with E-state index in [1.807, 2.05) is 45.1 Å². The van der Waals surface area contributed by atoms with Crippen LogP contribution in [0.2, 0.25) is 0 Å². The lowest BCUT2D eigenvalue weighted by molar-refractivity contribution is 0.0270. The number of pyridine rings is 1. The molecule has 4 rings (SSSR count). The van der Waals surface area contributed by atoms with E-state index in [0.717, 1.165) is 46.5 Å². The molecule has 3 heterocycles. The first-order chi connectivity index (χ1) is 15.3. The number of hydrogen-bond donors (Lipinski definition) is 2. The first-order valence-corrected chi connectivity index (χ1v) is 10.8. The predicted molar refractivity (Wildman–Crippen MR) is 129 cm³/mol. The van der Waals surface area contributed by atoms with Crippen LogP contribution in [-0.2, 0) is 4.74 Å². The molecular weight excluding hydrogens is 400 g/mol. The maximum absolute atomic E-state index is 12.3. The van der Waals surface area contributed by atoms with Crippen LogP contribution >= 0.6 is 0 Å². The molecular formula is C26H28N4O2. The number of nitrogens with zero attached hydrogens (tertiary/aromatic N) is 2. The highest BCUT2D eigenvalue weighted by atomic mass is 16.6. The Morgan fingerprint density at radius 2 is 2.19 bits per heavy atom. The molecule has 32 heavy (non-hydrogen) atoms. The van der Waals surface area contributed by atoms with E-state index in [0.29, 0.717) is 13.1 Å². The van der Waals surface area contributed by atoms with Crippen LogP contribution in [0.15, 0.2) is 60.0 Å². The van der Waals surface area contributed by atoms with Gasteiger partial charge in [0, 0.05) is 41.6 Å². The van der Waals surface area contributed by atoms with Crippen molar-refractivity contribution in [3.63, 3.8) is 0 Å². The number of amides is 1. The van der Waals surface area contributed by atoms with Gasteiger partial charge in [-0.2, -0.15) is 0 Å². The zero-order valence-electron chi connectivity index (χ0n) is 18.7. The molecule has 1 aliphatic heterocycles. The SMILES string of the molecule is C#CC1=CCC=CC(Nc2ccnc3[nH]c(C4=CCN(C(=O)OC(C)(C)C)CC4)cc23)=C1. The average Bonchev–Trinajstić information content (AvgIpc) is 3.07. The van der Waals surface area contributed by atoms with Crippen LogP contribution in [0.3, 0.4) is 0 Å². The molecule has 2 N–H and O–H groups in total. The third kappa shape index (κ3) is 4.94. The summed E-state index contributed by atoms with van der Waals surface area (Å²) >= 11 is 0. The van der Waals surface area contributed by atoms with Crippen molar-refractivity contribution in [2.75, 3.05) is 18.4 Å². The van der Waals surface area contributed by atoms with Crippen LogP contribution in [0.4, 0.5) is 10.5 Å². The first-order valence-electron chi connectivity index (χ1n) is 10.8. The quantitative estimate of drug-likeness (QED) is 0.642. The zero-order valence-corrected chi connectivity index (χ0v) is 18.7. The van der Waals surface area contributed by atoms with Crippen LogP contribution in [0, 0.1) is 12.3 Å². The van der Waals surface area contributed by atoms with Gasteiger partial charge >= 0.3 is 6.09 Å². The van der Waals surface area contributed by atoms with Crippen LogP contribution in [0.1, 0.15) is 39.3 Å². The normalized spacial score (nSPS) is 16.6. The van der Waals surface area contributed by atoms with Gasteiger partial charge in [-0.3, -0.25) is 0 Å². The molecule has 0 unspecified atom stereocenters. The molecule has 1 aliphatic carbocycles. The van der Waals surface area contributed by atoms with E-state index in [-0.39, 0.29) is 6.09 Å². The standard InChI is InChI=1S/C26H28N4O2/c1-5-18-8-6-7-9-20(16-18)28-22-10-13-27-24-21(22)17-23(29-24)19-11-14-30(15-12-19)25(31)32-26(2,3)4/h1,7-11,13,16-17H,6,12,14-15H2,2-4H3,(H2,27,28,29). The Hall–Kier alpha value is -3.72. The molecule has 1 amide bonds. The van der Waals surface area contributed by atoms with Crippen LogP contribution in [0.5, 0.6) is 0 Å². The number of aromatic nitrogens is 2. The molecule has 0 fully saturated rings. The molecule has 0 radical (unpaired) electrons. The predicted octanol–water partition coefficient (Wildman–Crippen LogP) is 5.40. The van der Waals surface area contributed by atoms with Crippen LogP contribution in [0.25, 0.3) is 16.6 Å². The molecule has 0 saturated heterocycles. The summed E-state index contributed by atoms with van der Waals surface area (Å²) in [4.78, 5) is 22.0. The maximum atomic E-state index is 12.3. The highest BCUT2D eigenvalue weighted by Crippen LogP contribution is 2.30. The number of rotatable bonds is 3. The fourth-order valence-corrected chi connectivity index (χ4v) is 3.71. The number of ether oxygens (including phenoxy) is 1. The largest absolute Gasteiger partial charge is 0.444 e. The van der Waals surface area contributed by atoms with Crippen LogP contribution in [-0.4, -0.2) is 39.7 Å². The second-order valence-corrected chi connectivity index (χ2v) is 8.88. The monoisotopic (exact) mass is 428 g/mol. The van der Waals surface area contributed by atoms with Crippen molar-refractivity contribution < 1.29 is 9.53 Å². The van der Waals surface area contributed by atoms with Gasteiger partial charge in [0.2, 0.25) is 0 Å². The molecule has 0 spiro atoms. The summed E-state index contributed by atoms with van der Waals surface area (Å²) in [5, 5.41) is 4.48. The number of fused-ring (bicyclic) bond motifs is 1. The van der Waals surface area contributed by atoms with E-state index in [9.17, 15) is 4.79 Å². The summed E-state index contributed by atoms with van der Waals surface area (Å²) in [7, 11) is 0. The van der Waals surface area contributed by atoms with Crippen molar-refractivity contribution in [1.29, 1.82) is 0 Å². The topological polar surface area (TPSA) is 70.2 Å². The van der Waals surface area contributed by atoms with E-state index < -0.39 is 5.60 Å². The summed E-state index contributed by atoms with van der Waals surface area (Å²) < 4.78 is 5.48. The fraction of sp³-hybridized carbons (Fsp3) is 0.308. The summed E-state index contributed by atoms with van der Waals surface area (Å²) in [6, 6.07) is 4.07. The lowest BCUT2D eigenvalue weighted by Crippen LogP contribution is -2.39. The smallest absolute Gasteiger partial charge is 0.410 e. The van der Waals surface area contributed by atoms with Gasteiger partial charge in [-0.15, -0.1) is 6.42 Å². The molecule has 2 aliphatic rings. The van der Waals surface area contributed by atoms with Gasteiger partial charge in [0.15, 0.2) is 0 Å². The minimum absolute atomic E-state index is 0.275.